The van der Waals surface area contributed by atoms with Crippen LogP contribution in [0.5, 0.6) is 0 Å². The average molecular weight is 611 g/mol. The van der Waals surface area contributed by atoms with E-state index in [1.54, 1.807) is 6.07 Å². The number of para-hydroxylation sites is 1. The predicted octanol–water partition coefficient (Wildman–Crippen LogP) is 5.06. The molecule has 1 aromatic heterocycles. The summed E-state index contributed by atoms with van der Waals surface area (Å²) in [7, 11) is -4.59. The van der Waals surface area contributed by atoms with Crippen LogP contribution in [-0.2, 0) is 25.9 Å². The number of aromatic nitrogens is 1. The van der Waals surface area contributed by atoms with Gasteiger partial charge < -0.3 is 10.2 Å². The van der Waals surface area contributed by atoms with Crippen LogP contribution in [0.15, 0.2) is 85.1 Å². The van der Waals surface area contributed by atoms with Crippen LogP contribution in [-0.4, -0.2) is 49.0 Å². The van der Waals surface area contributed by atoms with Crippen molar-refractivity contribution in [2.24, 2.45) is 0 Å². The lowest BCUT2D eigenvalue weighted by Gasteiger charge is -2.50. The first-order chi connectivity index (χ1) is 19.7. The monoisotopic (exact) mass is 610 g/mol. The Hall–Kier alpha value is -4.12. The van der Waals surface area contributed by atoms with Crippen LogP contribution in [0.25, 0.3) is 0 Å². The number of halogens is 6. The zero-order valence-electron chi connectivity index (χ0n) is 21.7. The standard InChI is InChI=1S/C28H24F6N4O3S/c29-27(30,31)26(28(32,33)34,20-9-3-1-4-10-20)38(22-12-5-2-6-13-22)23(24(39)37-25(19-35)14-15-25)18-42(40,41)17-21-11-7-8-16-36-21/h1-13,16,23H,14-15,17-18H2,(H,37,39). The molecular formula is C28H24F6N4O3S. The fraction of sp³-hybridized carbons (Fsp3) is 0.321. The molecule has 0 saturated heterocycles. The number of hydrogen-bond donors (Lipinski definition) is 1. The van der Waals surface area contributed by atoms with Crippen molar-refractivity contribution >= 4 is 21.4 Å². The van der Waals surface area contributed by atoms with Gasteiger partial charge in [-0.25, -0.2) is 8.42 Å². The number of nitrogens with one attached hydrogen (secondary N) is 1. The number of hydrogen-bond acceptors (Lipinski definition) is 6. The Labute approximate surface area is 237 Å². The lowest BCUT2D eigenvalue weighted by molar-refractivity contribution is -0.304. The number of nitrogens with zero attached hydrogens (tertiary/aromatic N) is 3. The number of rotatable bonds is 10. The second-order valence-electron chi connectivity index (χ2n) is 9.85. The molecule has 222 valence electrons. The van der Waals surface area contributed by atoms with Crippen LogP contribution in [0, 0.1) is 11.3 Å². The van der Waals surface area contributed by atoms with Gasteiger partial charge >= 0.3 is 12.4 Å². The molecule has 14 heteroatoms. The van der Waals surface area contributed by atoms with E-state index in [2.05, 4.69) is 10.3 Å². The van der Waals surface area contributed by atoms with Crippen LogP contribution in [0.4, 0.5) is 32.0 Å². The zero-order chi connectivity index (χ0) is 30.8. The molecule has 3 aromatic rings. The van der Waals surface area contributed by atoms with Crippen LogP contribution in [0.2, 0.25) is 0 Å². The molecule has 1 amide bonds. The molecule has 1 unspecified atom stereocenters. The Bertz CT molecular complexity index is 1530. The number of carbonyl (C=O) groups is 1. The maximum atomic E-state index is 15.2. The Morgan fingerprint density at radius 2 is 1.48 bits per heavy atom. The molecule has 1 atom stereocenters. The summed E-state index contributed by atoms with van der Waals surface area (Å²) in [5, 5.41) is 11.7. The highest BCUT2D eigenvalue weighted by Crippen LogP contribution is 2.56. The van der Waals surface area contributed by atoms with Crippen LogP contribution in [0.1, 0.15) is 24.1 Å². The molecule has 1 aliphatic carbocycles. The summed E-state index contributed by atoms with van der Waals surface area (Å²) < 4.78 is 118. The van der Waals surface area contributed by atoms with Gasteiger partial charge in [-0.15, -0.1) is 0 Å². The third-order valence-electron chi connectivity index (χ3n) is 6.85. The first-order valence-corrected chi connectivity index (χ1v) is 14.3. The fourth-order valence-corrected chi connectivity index (χ4v) is 6.28. The van der Waals surface area contributed by atoms with Crippen molar-refractivity contribution in [2.45, 2.75) is 48.1 Å². The van der Waals surface area contributed by atoms with E-state index >= 15 is 26.3 Å². The zero-order valence-corrected chi connectivity index (χ0v) is 22.5. The van der Waals surface area contributed by atoms with E-state index in [0.717, 1.165) is 24.3 Å². The fourth-order valence-electron chi connectivity index (χ4n) is 4.76. The number of amides is 1. The number of benzene rings is 2. The van der Waals surface area contributed by atoms with E-state index in [1.165, 1.54) is 48.7 Å². The third-order valence-corrected chi connectivity index (χ3v) is 8.41. The lowest BCUT2D eigenvalue weighted by atomic mass is 9.84. The molecule has 7 nitrogen and oxygen atoms in total. The normalized spacial score (nSPS) is 15.7. The lowest BCUT2D eigenvalue weighted by Crippen LogP contribution is -2.71. The first-order valence-electron chi connectivity index (χ1n) is 12.5. The number of pyridine rings is 1. The predicted molar refractivity (Wildman–Crippen MR) is 140 cm³/mol. The molecule has 1 aliphatic rings. The van der Waals surface area contributed by atoms with Gasteiger partial charge in [-0.1, -0.05) is 54.6 Å². The van der Waals surface area contributed by atoms with Crippen molar-refractivity contribution < 1.29 is 39.6 Å². The van der Waals surface area contributed by atoms with Gasteiger partial charge in [-0.2, -0.15) is 31.6 Å². The van der Waals surface area contributed by atoms with Crippen molar-refractivity contribution in [1.82, 2.24) is 10.3 Å². The highest BCUT2D eigenvalue weighted by atomic mass is 32.2. The Kier molecular flexibility index (Phi) is 8.28. The van der Waals surface area contributed by atoms with E-state index in [0.29, 0.717) is 12.1 Å². The van der Waals surface area contributed by atoms with E-state index in [-0.39, 0.29) is 23.4 Å². The molecule has 1 saturated carbocycles. The first kappa shape index (κ1) is 30.8. The number of carbonyl (C=O) groups excluding carboxylic acids is 1. The van der Waals surface area contributed by atoms with Gasteiger partial charge in [0, 0.05) is 11.9 Å². The minimum Gasteiger partial charge on any atom is -0.336 e. The molecule has 2 aromatic carbocycles. The number of sulfone groups is 1. The summed E-state index contributed by atoms with van der Waals surface area (Å²) in [6.45, 7) is 0. The molecule has 1 fully saturated rings. The number of nitriles is 1. The summed E-state index contributed by atoms with van der Waals surface area (Å²) in [6, 6.07) is 13.4. The minimum absolute atomic E-state index is 0.0282. The Morgan fingerprint density at radius 3 is 1.95 bits per heavy atom. The van der Waals surface area contributed by atoms with Gasteiger partial charge in [-0.3, -0.25) is 9.78 Å². The Balaban J connectivity index is 2.01. The molecule has 0 radical (unpaired) electrons. The van der Waals surface area contributed by atoms with Crippen molar-refractivity contribution in [3.8, 4) is 6.07 Å². The SMILES string of the molecule is N#CC1(NC(=O)C(CS(=O)(=O)Cc2ccccn2)N(c2ccccc2)C(c2ccccc2)(C(F)(F)F)C(F)(F)F)CC1. The summed E-state index contributed by atoms with van der Waals surface area (Å²) in [6.07, 6.45) is -10.8. The highest BCUT2D eigenvalue weighted by Gasteiger charge is 2.76. The quantitative estimate of drug-likeness (QED) is 0.322. The van der Waals surface area contributed by atoms with Crippen LogP contribution >= 0.6 is 0 Å². The van der Waals surface area contributed by atoms with Gasteiger partial charge in [0.1, 0.15) is 11.6 Å². The van der Waals surface area contributed by atoms with E-state index in [9.17, 15) is 18.5 Å². The largest absolute Gasteiger partial charge is 0.424 e. The third kappa shape index (κ3) is 6.06. The smallest absolute Gasteiger partial charge is 0.336 e. The van der Waals surface area contributed by atoms with Gasteiger partial charge in [0.2, 0.25) is 5.91 Å². The van der Waals surface area contributed by atoms with E-state index < -0.39 is 68.0 Å². The molecule has 0 spiro atoms. The minimum atomic E-state index is -6.13. The molecule has 1 N–H and O–H groups in total. The van der Waals surface area contributed by atoms with E-state index in [1.807, 2.05) is 0 Å². The van der Waals surface area contributed by atoms with Gasteiger partial charge in [0.25, 0.3) is 5.54 Å². The molecule has 42 heavy (non-hydrogen) atoms. The molecule has 1 heterocycles. The van der Waals surface area contributed by atoms with Gasteiger partial charge in [0.15, 0.2) is 9.84 Å². The average Bonchev–Trinajstić information content (AvgIpc) is 3.70. The summed E-state index contributed by atoms with van der Waals surface area (Å²) >= 11 is 0. The van der Waals surface area contributed by atoms with E-state index in [4.69, 9.17) is 0 Å². The van der Waals surface area contributed by atoms with Crippen molar-refractivity contribution in [1.29, 1.82) is 5.26 Å². The van der Waals surface area contributed by atoms with Crippen LogP contribution in [0.3, 0.4) is 0 Å². The van der Waals surface area contributed by atoms with Crippen molar-refractivity contribution in [3.05, 3.63) is 96.3 Å². The highest BCUT2D eigenvalue weighted by molar-refractivity contribution is 7.90. The summed E-state index contributed by atoms with van der Waals surface area (Å²) in [4.78, 5) is 17.4. The summed E-state index contributed by atoms with van der Waals surface area (Å²) in [5.74, 6) is -3.79. The molecule has 0 aliphatic heterocycles. The topological polar surface area (TPSA) is 103 Å². The Morgan fingerprint density at radius 1 is 0.929 bits per heavy atom. The molecule has 0 bridgehead atoms. The summed E-state index contributed by atoms with van der Waals surface area (Å²) in [5.41, 5.74) is -8.44. The maximum absolute atomic E-state index is 15.2. The van der Waals surface area contributed by atoms with Crippen molar-refractivity contribution in [2.75, 3.05) is 10.7 Å². The second kappa shape index (κ2) is 11.3. The van der Waals surface area contributed by atoms with Gasteiger partial charge in [0.05, 0.1) is 23.3 Å². The molecule has 4 rings (SSSR count). The van der Waals surface area contributed by atoms with Crippen LogP contribution < -0.4 is 10.2 Å². The van der Waals surface area contributed by atoms with Gasteiger partial charge in [-0.05, 0) is 42.7 Å². The number of alkyl halides is 6. The number of anilines is 1. The van der Waals surface area contributed by atoms with Crippen molar-refractivity contribution in [3.63, 3.8) is 0 Å². The molecular weight excluding hydrogens is 586 g/mol. The second-order valence-corrected chi connectivity index (χ2v) is 12.0. The maximum Gasteiger partial charge on any atom is 0.424 e.